The van der Waals surface area contributed by atoms with E-state index in [0.717, 1.165) is 0 Å². The van der Waals surface area contributed by atoms with Crippen LogP contribution in [-0.2, 0) is 6.61 Å². The SMILES string of the molecule is O=[N+]([O-])c1ccccc1COc1ccc(O)cc1Br. The molecule has 0 amide bonds. The van der Waals surface area contributed by atoms with Crippen molar-refractivity contribution in [2.75, 3.05) is 0 Å². The number of phenolic OH excluding ortho intramolecular Hbond substituents is 1. The molecule has 0 atom stereocenters. The van der Waals surface area contributed by atoms with Crippen LogP contribution in [0.2, 0.25) is 0 Å². The van der Waals surface area contributed by atoms with Gasteiger partial charge >= 0.3 is 0 Å². The zero-order valence-electron chi connectivity index (χ0n) is 9.75. The summed E-state index contributed by atoms with van der Waals surface area (Å²) in [4.78, 5) is 10.4. The highest BCUT2D eigenvalue weighted by Gasteiger charge is 2.13. The van der Waals surface area contributed by atoms with Crippen LogP contribution < -0.4 is 4.74 Å². The first-order chi connectivity index (χ1) is 9.08. The lowest BCUT2D eigenvalue weighted by molar-refractivity contribution is -0.385. The Labute approximate surface area is 117 Å². The topological polar surface area (TPSA) is 72.6 Å². The molecule has 2 rings (SSSR count). The van der Waals surface area contributed by atoms with Crippen molar-refractivity contribution in [3.05, 3.63) is 62.6 Å². The van der Waals surface area contributed by atoms with Crippen molar-refractivity contribution < 1.29 is 14.8 Å². The molecule has 19 heavy (non-hydrogen) atoms. The van der Waals surface area contributed by atoms with Crippen LogP contribution in [0.25, 0.3) is 0 Å². The lowest BCUT2D eigenvalue weighted by Gasteiger charge is -2.08. The largest absolute Gasteiger partial charge is 0.508 e. The second-order valence-electron chi connectivity index (χ2n) is 3.79. The van der Waals surface area contributed by atoms with E-state index in [1.165, 1.54) is 18.2 Å². The lowest BCUT2D eigenvalue weighted by atomic mass is 10.2. The van der Waals surface area contributed by atoms with Crippen molar-refractivity contribution in [1.29, 1.82) is 0 Å². The Morgan fingerprint density at radius 3 is 2.68 bits per heavy atom. The van der Waals surface area contributed by atoms with E-state index in [4.69, 9.17) is 4.74 Å². The molecule has 6 heteroatoms. The first-order valence-corrected chi connectivity index (χ1v) is 6.21. The number of halogens is 1. The number of nitro groups is 1. The van der Waals surface area contributed by atoms with Crippen molar-refractivity contribution in [3.8, 4) is 11.5 Å². The Hall–Kier alpha value is -2.08. The number of nitro benzene ring substituents is 1. The number of aromatic hydroxyl groups is 1. The number of nitrogens with zero attached hydrogens (tertiary/aromatic N) is 1. The summed E-state index contributed by atoms with van der Waals surface area (Å²) in [6.45, 7) is 0.0839. The summed E-state index contributed by atoms with van der Waals surface area (Å²) in [6.07, 6.45) is 0. The molecule has 0 heterocycles. The molecule has 0 spiro atoms. The van der Waals surface area contributed by atoms with Crippen molar-refractivity contribution in [2.24, 2.45) is 0 Å². The molecule has 0 fully saturated rings. The van der Waals surface area contributed by atoms with E-state index in [2.05, 4.69) is 15.9 Å². The van der Waals surface area contributed by atoms with E-state index in [-0.39, 0.29) is 18.0 Å². The number of ether oxygens (including phenoxy) is 1. The summed E-state index contributed by atoms with van der Waals surface area (Å²) < 4.78 is 6.10. The van der Waals surface area contributed by atoms with Gasteiger partial charge in [-0.3, -0.25) is 10.1 Å². The number of benzene rings is 2. The van der Waals surface area contributed by atoms with Gasteiger partial charge in [0.2, 0.25) is 0 Å². The van der Waals surface area contributed by atoms with E-state index in [1.54, 1.807) is 24.3 Å². The highest BCUT2D eigenvalue weighted by Crippen LogP contribution is 2.30. The predicted octanol–water partition coefficient (Wildman–Crippen LogP) is 3.64. The van der Waals surface area contributed by atoms with E-state index in [0.29, 0.717) is 15.8 Å². The average molecular weight is 324 g/mol. The van der Waals surface area contributed by atoms with E-state index >= 15 is 0 Å². The minimum absolute atomic E-state index is 0.0254. The number of hydrogen-bond donors (Lipinski definition) is 1. The normalized spacial score (nSPS) is 10.2. The average Bonchev–Trinajstić information content (AvgIpc) is 2.38. The number of hydrogen-bond acceptors (Lipinski definition) is 4. The fourth-order valence-electron chi connectivity index (χ4n) is 1.57. The standard InChI is InChI=1S/C13H10BrNO4/c14-11-7-10(16)5-6-13(11)19-8-9-3-1-2-4-12(9)15(17)18/h1-7,16H,8H2. The quantitative estimate of drug-likeness (QED) is 0.688. The highest BCUT2D eigenvalue weighted by atomic mass is 79.9. The van der Waals surface area contributed by atoms with E-state index < -0.39 is 4.92 Å². The molecule has 0 radical (unpaired) electrons. The van der Waals surface area contributed by atoms with Crippen LogP contribution in [0, 0.1) is 10.1 Å². The maximum absolute atomic E-state index is 10.9. The molecule has 98 valence electrons. The molecule has 0 aliphatic heterocycles. The van der Waals surface area contributed by atoms with Crippen LogP contribution in [0.3, 0.4) is 0 Å². The first-order valence-electron chi connectivity index (χ1n) is 5.41. The molecule has 5 nitrogen and oxygen atoms in total. The van der Waals surface area contributed by atoms with Crippen molar-refractivity contribution in [1.82, 2.24) is 0 Å². The van der Waals surface area contributed by atoms with Gasteiger partial charge in [-0.15, -0.1) is 0 Å². The molecular formula is C13H10BrNO4. The Bertz CT molecular complexity index is 615. The summed E-state index contributed by atoms with van der Waals surface area (Å²) >= 11 is 3.25. The van der Waals surface area contributed by atoms with Crippen molar-refractivity contribution in [2.45, 2.75) is 6.61 Å². The fraction of sp³-hybridized carbons (Fsp3) is 0.0769. The van der Waals surface area contributed by atoms with Gasteiger partial charge in [-0.05, 0) is 40.2 Å². The summed E-state index contributed by atoms with van der Waals surface area (Å²) in [5.74, 6) is 0.626. The molecule has 1 N–H and O–H groups in total. The predicted molar refractivity (Wildman–Crippen MR) is 73.2 cm³/mol. The highest BCUT2D eigenvalue weighted by molar-refractivity contribution is 9.10. The second-order valence-corrected chi connectivity index (χ2v) is 4.64. The van der Waals surface area contributed by atoms with Gasteiger partial charge in [0.15, 0.2) is 0 Å². The maximum atomic E-state index is 10.9. The van der Waals surface area contributed by atoms with Gasteiger partial charge in [0.1, 0.15) is 18.1 Å². The van der Waals surface area contributed by atoms with Crippen LogP contribution in [0.5, 0.6) is 11.5 Å². The minimum atomic E-state index is -0.440. The Morgan fingerprint density at radius 2 is 2.00 bits per heavy atom. The Kier molecular flexibility index (Phi) is 4.01. The van der Waals surface area contributed by atoms with Crippen LogP contribution in [0.15, 0.2) is 46.9 Å². The number of phenols is 1. The maximum Gasteiger partial charge on any atom is 0.276 e. The summed E-state index contributed by atoms with van der Waals surface area (Å²) in [7, 11) is 0. The van der Waals surface area contributed by atoms with Crippen LogP contribution in [0.1, 0.15) is 5.56 Å². The monoisotopic (exact) mass is 323 g/mol. The molecule has 2 aromatic carbocycles. The van der Waals surface area contributed by atoms with Gasteiger partial charge in [-0.25, -0.2) is 0 Å². The van der Waals surface area contributed by atoms with Gasteiger partial charge in [-0.1, -0.05) is 12.1 Å². The zero-order chi connectivity index (χ0) is 13.8. The fourth-order valence-corrected chi connectivity index (χ4v) is 2.05. The smallest absolute Gasteiger partial charge is 0.276 e. The molecule has 0 saturated heterocycles. The molecule has 0 bridgehead atoms. The Balaban J connectivity index is 2.17. The third-order valence-electron chi connectivity index (χ3n) is 2.49. The summed E-state index contributed by atoms with van der Waals surface area (Å²) in [5.41, 5.74) is 0.518. The van der Waals surface area contributed by atoms with Crippen LogP contribution >= 0.6 is 15.9 Å². The third kappa shape index (κ3) is 3.23. The first kappa shape index (κ1) is 13.4. The van der Waals surface area contributed by atoms with Crippen LogP contribution in [0.4, 0.5) is 5.69 Å². The molecule has 0 saturated carbocycles. The van der Waals surface area contributed by atoms with Gasteiger partial charge in [0.05, 0.1) is 15.0 Å². The third-order valence-corrected chi connectivity index (χ3v) is 3.11. The number of para-hydroxylation sites is 1. The minimum Gasteiger partial charge on any atom is -0.508 e. The molecule has 0 unspecified atom stereocenters. The van der Waals surface area contributed by atoms with Gasteiger partial charge in [-0.2, -0.15) is 0 Å². The van der Waals surface area contributed by atoms with Gasteiger partial charge in [0.25, 0.3) is 5.69 Å². The Morgan fingerprint density at radius 1 is 1.26 bits per heavy atom. The molecule has 0 aliphatic carbocycles. The number of rotatable bonds is 4. The molecule has 2 aromatic rings. The summed E-state index contributed by atoms with van der Waals surface area (Å²) in [5, 5.41) is 20.1. The zero-order valence-corrected chi connectivity index (χ0v) is 11.3. The molecule has 0 aliphatic rings. The lowest BCUT2D eigenvalue weighted by Crippen LogP contribution is -2.00. The molecular weight excluding hydrogens is 314 g/mol. The van der Waals surface area contributed by atoms with Crippen molar-refractivity contribution in [3.63, 3.8) is 0 Å². The van der Waals surface area contributed by atoms with Crippen LogP contribution in [-0.4, -0.2) is 10.0 Å². The summed E-state index contributed by atoms with van der Waals surface area (Å²) in [6, 6.07) is 11.0. The van der Waals surface area contributed by atoms with Crippen molar-refractivity contribution >= 4 is 21.6 Å². The second kappa shape index (κ2) is 5.71. The van der Waals surface area contributed by atoms with Gasteiger partial charge < -0.3 is 9.84 Å². The molecule has 0 aromatic heterocycles. The van der Waals surface area contributed by atoms with E-state index in [9.17, 15) is 15.2 Å². The van der Waals surface area contributed by atoms with E-state index in [1.807, 2.05) is 0 Å². The van der Waals surface area contributed by atoms with Gasteiger partial charge in [0, 0.05) is 6.07 Å².